The van der Waals surface area contributed by atoms with Crippen molar-refractivity contribution in [2.45, 2.75) is 38.7 Å². The minimum Gasteiger partial charge on any atom is -0.508 e. The van der Waals surface area contributed by atoms with Gasteiger partial charge in [-0.25, -0.2) is 0 Å². The van der Waals surface area contributed by atoms with Crippen LogP contribution in [0.5, 0.6) is 0 Å². The van der Waals surface area contributed by atoms with Gasteiger partial charge in [-0.15, -0.1) is 0 Å². The summed E-state index contributed by atoms with van der Waals surface area (Å²) >= 11 is 12.0. The fraction of sp³-hybridized carbons (Fsp3) is 0.500. The van der Waals surface area contributed by atoms with E-state index < -0.39 is 31.0 Å². The number of carbonyl (C=O) groups is 3. The number of amides is 2. The van der Waals surface area contributed by atoms with Gasteiger partial charge in [0.15, 0.2) is 0 Å². The zero-order chi connectivity index (χ0) is 21.6. The molecule has 0 radical (unpaired) electrons. The van der Waals surface area contributed by atoms with Crippen molar-refractivity contribution in [2.24, 2.45) is 5.92 Å². The van der Waals surface area contributed by atoms with Gasteiger partial charge >= 0.3 is 7.12 Å². The standard InChI is InChI=1S/C18H24BCl2N3O5/c1-10(2)6-15(19-28-14(18(27)22-3)8-17(26)29-19)24-16(25)9-23-13-7-11(20)4-5-12(13)21/h4-5,7,10,14-15,23H,6,8-9H2,1-3H3,(H,22,27)(H,24,25)/t14-,15+/m1/s1. The van der Waals surface area contributed by atoms with Gasteiger partial charge in [-0.3, -0.25) is 14.4 Å². The lowest BCUT2D eigenvalue weighted by Gasteiger charge is -2.31. The van der Waals surface area contributed by atoms with Crippen LogP contribution < -0.4 is 16.0 Å². The Morgan fingerprint density at radius 1 is 1.31 bits per heavy atom. The van der Waals surface area contributed by atoms with Gasteiger partial charge in [-0.2, -0.15) is 0 Å². The van der Waals surface area contributed by atoms with Crippen molar-refractivity contribution in [1.29, 1.82) is 0 Å². The van der Waals surface area contributed by atoms with Crippen molar-refractivity contribution in [3.63, 3.8) is 0 Å². The van der Waals surface area contributed by atoms with Crippen LogP contribution in [0.4, 0.5) is 5.69 Å². The number of nitrogens with one attached hydrogen (secondary N) is 3. The number of hydrogen-bond acceptors (Lipinski definition) is 6. The molecule has 2 atom stereocenters. The average Bonchev–Trinajstić information content (AvgIpc) is 2.66. The Hall–Kier alpha value is -1.97. The fourth-order valence-electron chi connectivity index (χ4n) is 2.87. The summed E-state index contributed by atoms with van der Waals surface area (Å²) in [7, 11) is 0.403. The summed E-state index contributed by atoms with van der Waals surface area (Å²) in [5.41, 5.74) is 0.523. The Morgan fingerprint density at radius 3 is 2.69 bits per heavy atom. The summed E-state index contributed by atoms with van der Waals surface area (Å²) in [6.45, 7) is 3.85. The Morgan fingerprint density at radius 2 is 2.03 bits per heavy atom. The molecule has 0 aromatic heterocycles. The summed E-state index contributed by atoms with van der Waals surface area (Å²) in [6.07, 6.45) is -0.642. The van der Waals surface area contributed by atoms with Crippen molar-refractivity contribution in [1.82, 2.24) is 10.6 Å². The Kier molecular flexibility index (Phi) is 8.61. The van der Waals surface area contributed by atoms with Crippen molar-refractivity contribution in [2.75, 3.05) is 18.9 Å². The first-order valence-electron chi connectivity index (χ1n) is 9.24. The molecule has 29 heavy (non-hydrogen) atoms. The van der Waals surface area contributed by atoms with Gasteiger partial charge in [0.1, 0.15) is 6.10 Å². The molecule has 1 aliphatic heterocycles. The first-order chi connectivity index (χ1) is 13.7. The van der Waals surface area contributed by atoms with Crippen LogP contribution in [-0.4, -0.2) is 50.5 Å². The quantitative estimate of drug-likeness (QED) is 0.531. The molecule has 1 aromatic rings. The van der Waals surface area contributed by atoms with E-state index in [1.165, 1.54) is 7.05 Å². The maximum absolute atomic E-state index is 12.5. The molecule has 2 amide bonds. The minimum absolute atomic E-state index is 0.0752. The molecule has 0 saturated carbocycles. The molecule has 0 unspecified atom stereocenters. The van der Waals surface area contributed by atoms with E-state index in [1.54, 1.807) is 18.2 Å². The predicted octanol–water partition coefficient (Wildman–Crippen LogP) is 2.04. The van der Waals surface area contributed by atoms with Crippen LogP contribution in [0.15, 0.2) is 18.2 Å². The van der Waals surface area contributed by atoms with Crippen molar-refractivity contribution in [3.05, 3.63) is 28.2 Å². The van der Waals surface area contributed by atoms with Crippen molar-refractivity contribution in [3.8, 4) is 0 Å². The Bertz CT molecular complexity index is 765. The largest absolute Gasteiger partial charge is 0.551 e. The third-order valence-corrected chi connectivity index (χ3v) is 4.77. The lowest BCUT2D eigenvalue weighted by atomic mass is 9.72. The highest BCUT2D eigenvalue weighted by molar-refractivity contribution is 6.50. The molecular formula is C18H24BCl2N3O5. The van der Waals surface area contributed by atoms with Crippen LogP contribution in [0.25, 0.3) is 0 Å². The van der Waals surface area contributed by atoms with Gasteiger partial charge in [0.05, 0.1) is 29.6 Å². The van der Waals surface area contributed by atoms with Gasteiger partial charge in [0, 0.05) is 12.1 Å². The normalized spacial score (nSPS) is 17.5. The smallest absolute Gasteiger partial charge is 0.508 e. The SMILES string of the molecule is CNC(=O)[C@H]1CC(=O)OB([C@H](CC(C)C)NC(=O)CNc2cc(Cl)ccc2Cl)O1. The number of hydrogen-bond donors (Lipinski definition) is 3. The number of likely N-dealkylation sites (N-methyl/N-ethyl adjacent to an activating group) is 1. The molecular weight excluding hydrogens is 420 g/mol. The Labute approximate surface area is 180 Å². The first kappa shape index (κ1) is 23.3. The third-order valence-electron chi connectivity index (χ3n) is 4.20. The van der Waals surface area contributed by atoms with Crippen LogP contribution in [0.1, 0.15) is 26.7 Å². The number of halogens is 2. The molecule has 3 N–H and O–H groups in total. The van der Waals surface area contributed by atoms with Crippen LogP contribution >= 0.6 is 23.2 Å². The zero-order valence-corrected chi connectivity index (χ0v) is 18.0. The predicted molar refractivity (Wildman–Crippen MR) is 112 cm³/mol. The molecule has 1 heterocycles. The van der Waals surface area contributed by atoms with E-state index in [2.05, 4.69) is 16.0 Å². The molecule has 1 aliphatic rings. The molecule has 1 saturated heterocycles. The van der Waals surface area contributed by atoms with Gasteiger partial charge < -0.3 is 25.3 Å². The van der Waals surface area contributed by atoms with Crippen LogP contribution in [0, 0.1) is 5.92 Å². The van der Waals surface area contributed by atoms with E-state index in [0.29, 0.717) is 22.2 Å². The molecule has 2 rings (SSSR count). The number of benzene rings is 1. The van der Waals surface area contributed by atoms with Gasteiger partial charge in [0.2, 0.25) is 11.8 Å². The summed E-state index contributed by atoms with van der Waals surface area (Å²) in [5, 5.41) is 9.09. The maximum atomic E-state index is 12.5. The summed E-state index contributed by atoms with van der Waals surface area (Å²) < 4.78 is 10.9. The second kappa shape index (κ2) is 10.7. The third kappa shape index (κ3) is 7.10. The lowest BCUT2D eigenvalue weighted by Crippen LogP contribution is -2.57. The van der Waals surface area contributed by atoms with Crippen LogP contribution in [0.2, 0.25) is 10.0 Å². The molecule has 158 valence electrons. The molecule has 0 aliphatic carbocycles. The first-order valence-corrected chi connectivity index (χ1v) is 10.00. The van der Waals surface area contributed by atoms with Crippen LogP contribution in [-0.2, 0) is 23.7 Å². The molecule has 1 fully saturated rings. The fourth-order valence-corrected chi connectivity index (χ4v) is 3.23. The molecule has 0 bridgehead atoms. The van der Waals surface area contributed by atoms with E-state index in [9.17, 15) is 14.4 Å². The second-order valence-corrected chi connectivity index (χ2v) is 7.93. The Balaban J connectivity index is 2.03. The number of anilines is 1. The summed E-state index contributed by atoms with van der Waals surface area (Å²) in [6, 6.07) is 4.88. The van der Waals surface area contributed by atoms with Gasteiger partial charge in [0.25, 0.3) is 5.97 Å². The van der Waals surface area contributed by atoms with E-state index in [4.69, 9.17) is 32.5 Å². The summed E-state index contributed by atoms with van der Waals surface area (Å²) in [4.78, 5) is 36.3. The average molecular weight is 444 g/mol. The second-order valence-electron chi connectivity index (χ2n) is 7.08. The van der Waals surface area contributed by atoms with E-state index in [0.717, 1.165) is 0 Å². The van der Waals surface area contributed by atoms with E-state index in [-0.39, 0.29) is 24.8 Å². The maximum Gasteiger partial charge on any atom is 0.551 e. The molecule has 0 spiro atoms. The van der Waals surface area contributed by atoms with Crippen molar-refractivity contribution < 1.29 is 23.7 Å². The van der Waals surface area contributed by atoms with Gasteiger partial charge in [-0.05, 0) is 30.5 Å². The number of carbonyl (C=O) groups excluding carboxylic acids is 3. The minimum atomic E-state index is -1.06. The summed E-state index contributed by atoms with van der Waals surface area (Å²) in [5.74, 6) is -1.76. The van der Waals surface area contributed by atoms with Crippen LogP contribution in [0.3, 0.4) is 0 Å². The highest BCUT2D eigenvalue weighted by atomic mass is 35.5. The van der Waals surface area contributed by atoms with Crippen molar-refractivity contribution >= 4 is 53.8 Å². The topological polar surface area (TPSA) is 106 Å². The van der Waals surface area contributed by atoms with E-state index in [1.807, 2.05) is 13.8 Å². The van der Waals surface area contributed by atoms with E-state index >= 15 is 0 Å². The molecule has 1 aromatic carbocycles. The molecule has 11 heteroatoms. The number of rotatable bonds is 8. The highest BCUT2D eigenvalue weighted by Crippen LogP contribution is 2.25. The van der Waals surface area contributed by atoms with Gasteiger partial charge in [-0.1, -0.05) is 37.0 Å². The zero-order valence-electron chi connectivity index (χ0n) is 16.5. The lowest BCUT2D eigenvalue weighted by molar-refractivity contribution is -0.149. The molecule has 8 nitrogen and oxygen atoms in total. The highest BCUT2D eigenvalue weighted by Gasteiger charge is 2.43. The monoisotopic (exact) mass is 443 g/mol.